The summed E-state index contributed by atoms with van der Waals surface area (Å²) in [5, 5.41) is 5.57. The van der Waals surface area contributed by atoms with Gasteiger partial charge in [0.15, 0.2) is 0 Å². The summed E-state index contributed by atoms with van der Waals surface area (Å²) in [5.74, 6) is 0.939. The molecule has 0 amide bonds. The molecule has 2 rings (SSSR count). The molecule has 0 aliphatic carbocycles. The Labute approximate surface area is 113 Å². The first-order valence-corrected chi connectivity index (χ1v) is 7.07. The van der Waals surface area contributed by atoms with Crippen molar-refractivity contribution in [3.05, 3.63) is 52.2 Å². The van der Waals surface area contributed by atoms with E-state index in [2.05, 4.69) is 23.7 Å². The summed E-state index contributed by atoms with van der Waals surface area (Å²) in [6.45, 7) is 2.87. The van der Waals surface area contributed by atoms with Crippen molar-refractivity contribution < 1.29 is 4.74 Å². The molecule has 0 spiro atoms. The first kappa shape index (κ1) is 13.1. The molecular formula is C15H19NOS. The van der Waals surface area contributed by atoms with Crippen LogP contribution in [-0.2, 0) is 0 Å². The molecule has 3 heteroatoms. The summed E-state index contributed by atoms with van der Waals surface area (Å²) < 4.78 is 5.73. The lowest BCUT2D eigenvalue weighted by Crippen LogP contribution is -2.18. The molecule has 0 bridgehead atoms. The SMILES string of the molecule is CNC(CCOc1ccccc1)c1csc(C)c1. The van der Waals surface area contributed by atoms with E-state index in [9.17, 15) is 0 Å². The molecule has 1 heterocycles. The number of ether oxygens (including phenoxy) is 1. The third kappa shape index (κ3) is 3.59. The van der Waals surface area contributed by atoms with E-state index < -0.39 is 0 Å². The van der Waals surface area contributed by atoms with Crippen LogP contribution >= 0.6 is 11.3 Å². The molecule has 1 N–H and O–H groups in total. The topological polar surface area (TPSA) is 21.3 Å². The first-order chi connectivity index (χ1) is 8.79. The lowest BCUT2D eigenvalue weighted by Gasteiger charge is -2.15. The molecule has 18 heavy (non-hydrogen) atoms. The number of aryl methyl sites for hydroxylation is 1. The molecule has 1 aromatic carbocycles. The van der Waals surface area contributed by atoms with Crippen molar-refractivity contribution in [1.29, 1.82) is 0 Å². The van der Waals surface area contributed by atoms with Gasteiger partial charge in [0.1, 0.15) is 5.75 Å². The Morgan fingerprint density at radius 1 is 1.28 bits per heavy atom. The van der Waals surface area contributed by atoms with Gasteiger partial charge in [-0.25, -0.2) is 0 Å². The maximum absolute atomic E-state index is 5.73. The standard InChI is InChI=1S/C15H19NOS/c1-12-10-13(11-18-12)15(16-2)8-9-17-14-6-4-3-5-7-14/h3-7,10-11,15-16H,8-9H2,1-2H3. The highest BCUT2D eigenvalue weighted by Gasteiger charge is 2.10. The Morgan fingerprint density at radius 3 is 2.67 bits per heavy atom. The Bertz CT molecular complexity index is 466. The van der Waals surface area contributed by atoms with Crippen LogP contribution in [0.15, 0.2) is 41.8 Å². The Morgan fingerprint density at radius 2 is 2.06 bits per heavy atom. The molecule has 0 saturated carbocycles. The molecule has 96 valence electrons. The molecule has 0 aliphatic rings. The van der Waals surface area contributed by atoms with Crippen molar-refractivity contribution in [3.63, 3.8) is 0 Å². The number of rotatable bonds is 6. The number of thiophene rings is 1. The van der Waals surface area contributed by atoms with Crippen LogP contribution in [-0.4, -0.2) is 13.7 Å². The van der Waals surface area contributed by atoms with E-state index in [1.54, 1.807) is 11.3 Å². The summed E-state index contributed by atoms with van der Waals surface area (Å²) in [7, 11) is 2.00. The second-order valence-electron chi connectivity index (χ2n) is 4.28. The van der Waals surface area contributed by atoms with Crippen LogP contribution in [0.25, 0.3) is 0 Å². The minimum absolute atomic E-state index is 0.374. The molecule has 1 atom stereocenters. The predicted molar refractivity (Wildman–Crippen MR) is 77.4 cm³/mol. The van der Waals surface area contributed by atoms with Crippen LogP contribution < -0.4 is 10.1 Å². The zero-order valence-corrected chi connectivity index (χ0v) is 11.7. The monoisotopic (exact) mass is 261 g/mol. The molecule has 0 radical (unpaired) electrons. The zero-order valence-electron chi connectivity index (χ0n) is 10.8. The van der Waals surface area contributed by atoms with Crippen molar-refractivity contribution in [3.8, 4) is 5.75 Å². The van der Waals surface area contributed by atoms with Crippen LogP contribution in [0.4, 0.5) is 0 Å². The predicted octanol–water partition coefficient (Wildman–Crippen LogP) is 3.79. The van der Waals surface area contributed by atoms with Gasteiger partial charge in [0.25, 0.3) is 0 Å². The summed E-state index contributed by atoms with van der Waals surface area (Å²) in [5.41, 5.74) is 1.36. The van der Waals surface area contributed by atoms with Gasteiger partial charge in [0.2, 0.25) is 0 Å². The van der Waals surface area contributed by atoms with Crippen LogP contribution in [0.3, 0.4) is 0 Å². The van der Waals surface area contributed by atoms with Gasteiger partial charge in [-0.3, -0.25) is 0 Å². The van der Waals surface area contributed by atoms with Crippen LogP contribution in [0, 0.1) is 6.92 Å². The third-order valence-electron chi connectivity index (χ3n) is 2.92. The molecule has 0 aliphatic heterocycles. The van der Waals surface area contributed by atoms with E-state index in [0.29, 0.717) is 6.04 Å². The quantitative estimate of drug-likeness (QED) is 0.854. The van der Waals surface area contributed by atoms with E-state index in [1.165, 1.54) is 10.4 Å². The molecule has 0 fully saturated rings. The van der Waals surface area contributed by atoms with Gasteiger partial charge in [-0.15, -0.1) is 11.3 Å². The summed E-state index contributed by atoms with van der Waals surface area (Å²) >= 11 is 1.80. The molecule has 2 aromatic rings. The number of hydrogen-bond donors (Lipinski definition) is 1. The highest BCUT2D eigenvalue weighted by molar-refractivity contribution is 7.10. The highest BCUT2D eigenvalue weighted by Crippen LogP contribution is 2.22. The van der Waals surface area contributed by atoms with Gasteiger partial charge < -0.3 is 10.1 Å². The molecule has 1 aromatic heterocycles. The van der Waals surface area contributed by atoms with E-state index in [1.807, 2.05) is 37.4 Å². The third-order valence-corrected chi connectivity index (χ3v) is 3.80. The lowest BCUT2D eigenvalue weighted by molar-refractivity contribution is 0.290. The molecule has 2 nitrogen and oxygen atoms in total. The number of benzene rings is 1. The molecule has 1 unspecified atom stereocenters. The fraction of sp³-hybridized carbons (Fsp3) is 0.333. The van der Waals surface area contributed by atoms with Gasteiger partial charge in [-0.05, 0) is 43.1 Å². The van der Waals surface area contributed by atoms with Gasteiger partial charge >= 0.3 is 0 Å². The first-order valence-electron chi connectivity index (χ1n) is 6.19. The smallest absolute Gasteiger partial charge is 0.119 e. The largest absolute Gasteiger partial charge is 0.494 e. The van der Waals surface area contributed by atoms with E-state index >= 15 is 0 Å². The van der Waals surface area contributed by atoms with Gasteiger partial charge in [0.05, 0.1) is 6.61 Å². The zero-order chi connectivity index (χ0) is 12.8. The van der Waals surface area contributed by atoms with E-state index in [4.69, 9.17) is 4.74 Å². The summed E-state index contributed by atoms with van der Waals surface area (Å²) in [6, 6.07) is 12.6. The normalized spacial score (nSPS) is 12.3. The van der Waals surface area contributed by atoms with Crippen LogP contribution in [0.1, 0.15) is 22.9 Å². The summed E-state index contributed by atoms with van der Waals surface area (Å²) in [4.78, 5) is 1.36. The van der Waals surface area contributed by atoms with Crippen molar-refractivity contribution in [2.75, 3.05) is 13.7 Å². The van der Waals surface area contributed by atoms with Gasteiger partial charge in [-0.1, -0.05) is 18.2 Å². The fourth-order valence-electron chi connectivity index (χ4n) is 1.94. The Hall–Kier alpha value is -1.32. The van der Waals surface area contributed by atoms with Crippen LogP contribution in [0.5, 0.6) is 5.75 Å². The van der Waals surface area contributed by atoms with Gasteiger partial charge in [-0.2, -0.15) is 0 Å². The highest BCUT2D eigenvalue weighted by atomic mass is 32.1. The Kier molecular flexibility index (Phi) is 4.79. The number of nitrogens with one attached hydrogen (secondary N) is 1. The molecule has 0 saturated heterocycles. The minimum Gasteiger partial charge on any atom is -0.494 e. The lowest BCUT2D eigenvalue weighted by atomic mass is 10.1. The second-order valence-corrected chi connectivity index (χ2v) is 5.40. The van der Waals surface area contributed by atoms with E-state index in [-0.39, 0.29) is 0 Å². The number of hydrogen-bond acceptors (Lipinski definition) is 3. The number of para-hydroxylation sites is 1. The molecular weight excluding hydrogens is 242 g/mol. The van der Waals surface area contributed by atoms with Crippen LogP contribution in [0.2, 0.25) is 0 Å². The van der Waals surface area contributed by atoms with Crippen molar-refractivity contribution in [1.82, 2.24) is 5.32 Å². The van der Waals surface area contributed by atoms with Crippen molar-refractivity contribution in [2.24, 2.45) is 0 Å². The average molecular weight is 261 g/mol. The Balaban J connectivity index is 1.85. The van der Waals surface area contributed by atoms with Crippen molar-refractivity contribution in [2.45, 2.75) is 19.4 Å². The minimum atomic E-state index is 0.374. The fourth-order valence-corrected chi connectivity index (χ4v) is 2.69. The summed E-state index contributed by atoms with van der Waals surface area (Å²) in [6.07, 6.45) is 0.974. The maximum atomic E-state index is 5.73. The van der Waals surface area contributed by atoms with Gasteiger partial charge in [0, 0.05) is 17.3 Å². The van der Waals surface area contributed by atoms with E-state index in [0.717, 1.165) is 18.8 Å². The average Bonchev–Trinajstić information content (AvgIpc) is 2.82. The maximum Gasteiger partial charge on any atom is 0.119 e. The second kappa shape index (κ2) is 6.57. The van der Waals surface area contributed by atoms with Crippen molar-refractivity contribution >= 4 is 11.3 Å².